The monoisotopic (exact) mass is 411 g/mol. The van der Waals surface area contributed by atoms with Crippen molar-refractivity contribution in [3.05, 3.63) is 34.4 Å². The Bertz CT molecular complexity index is 1350. The van der Waals surface area contributed by atoms with Gasteiger partial charge >= 0.3 is 5.69 Å². The number of benzene rings is 1. The number of halogens is 1. The van der Waals surface area contributed by atoms with Gasteiger partial charge in [0.05, 0.1) is 17.9 Å². The molecule has 0 amide bonds. The maximum Gasteiger partial charge on any atom is 0.330 e. The Morgan fingerprint density at radius 2 is 2.00 bits per heavy atom. The minimum absolute atomic E-state index is 0.141. The average molecular weight is 411 g/mol. The average Bonchev–Trinajstić information content (AvgIpc) is 3.38. The molecule has 1 N–H and O–H groups in total. The summed E-state index contributed by atoms with van der Waals surface area (Å²) in [5.74, 6) is 0.597. The van der Waals surface area contributed by atoms with Gasteiger partial charge in [-0.05, 0) is 43.4 Å². The molecule has 3 aliphatic carbocycles. The summed E-state index contributed by atoms with van der Waals surface area (Å²) in [6.45, 7) is 1.98. The molecule has 2 bridgehead atoms. The van der Waals surface area contributed by atoms with E-state index in [1.165, 1.54) is 16.3 Å². The lowest BCUT2D eigenvalue weighted by Gasteiger charge is -2.30. The summed E-state index contributed by atoms with van der Waals surface area (Å²) in [6, 6.07) is 3.74. The van der Waals surface area contributed by atoms with Crippen molar-refractivity contribution in [2.75, 3.05) is 5.32 Å². The molecule has 3 saturated carbocycles. The van der Waals surface area contributed by atoms with Crippen LogP contribution in [0.2, 0.25) is 0 Å². The molecule has 0 saturated heterocycles. The number of aromatic nitrogens is 6. The minimum Gasteiger partial charge on any atom is -0.324 e. The van der Waals surface area contributed by atoms with Crippen molar-refractivity contribution in [2.24, 2.45) is 13.0 Å². The molecule has 8 nitrogen and oxygen atoms in total. The third-order valence-electron chi connectivity index (χ3n) is 6.39. The van der Waals surface area contributed by atoms with E-state index in [-0.39, 0.29) is 17.6 Å². The first-order chi connectivity index (χ1) is 13.9. The van der Waals surface area contributed by atoms with Gasteiger partial charge in [-0.25, -0.2) is 14.2 Å². The Morgan fingerprint density at radius 3 is 2.72 bits per heavy atom. The zero-order valence-corrected chi connectivity index (χ0v) is 16.7. The number of nitrogens with zero attached hydrogens (tertiary/aromatic N) is 6. The summed E-state index contributed by atoms with van der Waals surface area (Å²) >= 11 is 1.17. The number of alkyl halides is 1. The minimum atomic E-state index is -1.11. The van der Waals surface area contributed by atoms with Gasteiger partial charge in [-0.3, -0.25) is 9.13 Å². The standard InChI is InChI=1S/C19H18FN7OS/c1-9-3-12-13(25-29-24-12)4-11(9)22-17-21-8-15-16(23-17)27(18(28)26(15)2)14-7-19(20)5-10(14)6-19/h3-4,8,10,14H,5-7H2,1-2H3,(H,21,22,23)/t10?,14-,19?/m1/s1. The molecule has 3 heterocycles. The fourth-order valence-electron chi connectivity index (χ4n) is 4.85. The normalized spacial score (nSPS) is 25.6. The van der Waals surface area contributed by atoms with Crippen molar-refractivity contribution >= 4 is 45.6 Å². The summed E-state index contributed by atoms with van der Waals surface area (Å²) < 4.78 is 26.2. The molecule has 0 aliphatic heterocycles. The molecule has 1 aromatic carbocycles. The van der Waals surface area contributed by atoms with Crippen LogP contribution in [0.4, 0.5) is 16.0 Å². The maximum atomic E-state index is 14.5. The molecule has 3 aromatic heterocycles. The lowest BCUT2D eigenvalue weighted by molar-refractivity contribution is 0.0740. The second-order valence-corrected chi connectivity index (χ2v) is 8.78. The molecule has 1 atom stereocenters. The van der Waals surface area contributed by atoms with E-state index in [9.17, 15) is 9.18 Å². The van der Waals surface area contributed by atoms with Gasteiger partial charge in [0.15, 0.2) is 5.65 Å². The lowest BCUT2D eigenvalue weighted by Crippen LogP contribution is -2.31. The van der Waals surface area contributed by atoms with Crippen molar-refractivity contribution in [1.82, 2.24) is 27.8 Å². The molecule has 7 rings (SSSR count). The van der Waals surface area contributed by atoms with Crippen LogP contribution in [0.5, 0.6) is 0 Å². The number of fused-ring (bicyclic) bond motifs is 3. The molecule has 4 aromatic rings. The van der Waals surface area contributed by atoms with Crippen LogP contribution in [0.1, 0.15) is 30.9 Å². The summed E-state index contributed by atoms with van der Waals surface area (Å²) in [4.78, 5) is 21.9. The van der Waals surface area contributed by atoms with Gasteiger partial charge < -0.3 is 5.32 Å². The van der Waals surface area contributed by atoms with Crippen LogP contribution in [0.25, 0.3) is 22.2 Å². The first-order valence-corrected chi connectivity index (χ1v) is 10.3. The van der Waals surface area contributed by atoms with Gasteiger partial charge in [0, 0.05) is 25.2 Å². The van der Waals surface area contributed by atoms with Crippen LogP contribution in [0, 0.1) is 12.8 Å². The topological polar surface area (TPSA) is 90.5 Å². The van der Waals surface area contributed by atoms with Crippen molar-refractivity contribution in [3.8, 4) is 0 Å². The van der Waals surface area contributed by atoms with Gasteiger partial charge in [-0.2, -0.15) is 13.7 Å². The number of nitrogens with one attached hydrogen (secondary N) is 1. The molecule has 0 unspecified atom stereocenters. The highest BCUT2D eigenvalue weighted by atomic mass is 32.1. The molecule has 29 heavy (non-hydrogen) atoms. The van der Waals surface area contributed by atoms with E-state index < -0.39 is 5.67 Å². The molecule has 10 heteroatoms. The van der Waals surface area contributed by atoms with E-state index in [0.29, 0.717) is 36.4 Å². The highest BCUT2D eigenvalue weighted by Crippen LogP contribution is 2.59. The van der Waals surface area contributed by atoms with Crippen LogP contribution < -0.4 is 11.0 Å². The van der Waals surface area contributed by atoms with Crippen molar-refractivity contribution in [2.45, 2.75) is 37.9 Å². The second kappa shape index (κ2) is 5.59. The number of aryl methyl sites for hydroxylation is 2. The number of hydrogen-bond acceptors (Lipinski definition) is 7. The smallest absolute Gasteiger partial charge is 0.324 e. The third-order valence-corrected chi connectivity index (χ3v) is 6.94. The summed E-state index contributed by atoms with van der Waals surface area (Å²) in [5, 5.41) is 3.24. The molecular formula is C19H18FN7OS. The molecule has 148 valence electrons. The highest BCUT2D eigenvalue weighted by Gasteiger charge is 2.58. The maximum absolute atomic E-state index is 14.5. The van der Waals surface area contributed by atoms with Crippen LogP contribution >= 0.6 is 11.7 Å². The predicted molar refractivity (Wildman–Crippen MR) is 108 cm³/mol. The van der Waals surface area contributed by atoms with E-state index >= 15 is 0 Å². The Balaban J connectivity index is 1.44. The van der Waals surface area contributed by atoms with Gasteiger partial charge in [0.25, 0.3) is 0 Å². The Kier molecular flexibility index (Phi) is 3.28. The lowest BCUT2D eigenvalue weighted by atomic mass is 9.81. The zero-order valence-electron chi connectivity index (χ0n) is 15.9. The first kappa shape index (κ1) is 17.0. The number of imidazole rings is 1. The second-order valence-electron chi connectivity index (χ2n) is 8.25. The van der Waals surface area contributed by atoms with Gasteiger partial charge in [-0.15, -0.1) is 0 Å². The fourth-order valence-corrected chi connectivity index (χ4v) is 5.36. The SMILES string of the molecule is Cc1cc2nsnc2cc1Nc1ncc2c(n1)n([C@@H]1CC3(F)CC1C3)c(=O)n2C. The van der Waals surface area contributed by atoms with Crippen molar-refractivity contribution in [1.29, 1.82) is 0 Å². The zero-order chi connectivity index (χ0) is 19.9. The van der Waals surface area contributed by atoms with Crippen LogP contribution in [0.3, 0.4) is 0 Å². The van der Waals surface area contributed by atoms with E-state index in [2.05, 4.69) is 24.0 Å². The predicted octanol–water partition coefficient (Wildman–Crippen LogP) is 3.25. The Hall–Kier alpha value is -2.88. The van der Waals surface area contributed by atoms with E-state index in [4.69, 9.17) is 0 Å². The molecule has 0 spiro atoms. The molecule has 0 radical (unpaired) electrons. The molecule has 3 fully saturated rings. The highest BCUT2D eigenvalue weighted by molar-refractivity contribution is 7.00. The number of anilines is 2. The van der Waals surface area contributed by atoms with Crippen LogP contribution in [-0.4, -0.2) is 33.5 Å². The first-order valence-electron chi connectivity index (χ1n) is 9.55. The largest absolute Gasteiger partial charge is 0.330 e. The number of hydrogen-bond donors (Lipinski definition) is 1. The van der Waals surface area contributed by atoms with Crippen LogP contribution in [-0.2, 0) is 7.05 Å². The van der Waals surface area contributed by atoms with Gasteiger partial charge in [0.2, 0.25) is 5.95 Å². The molecular weight excluding hydrogens is 393 g/mol. The van der Waals surface area contributed by atoms with Crippen molar-refractivity contribution < 1.29 is 4.39 Å². The van der Waals surface area contributed by atoms with E-state index in [1.807, 2.05) is 19.1 Å². The summed E-state index contributed by atoms with van der Waals surface area (Å²) in [7, 11) is 1.70. The quantitative estimate of drug-likeness (QED) is 0.557. The van der Waals surface area contributed by atoms with Crippen molar-refractivity contribution in [3.63, 3.8) is 0 Å². The summed E-state index contributed by atoms with van der Waals surface area (Å²) in [5.41, 5.74) is 3.40. The van der Waals surface area contributed by atoms with E-state index in [1.54, 1.807) is 17.8 Å². The summed E-state index contributed by atoms with van der Waals surface area (Å²) in [6.07, 6.45) is 3.11. The van der Waals surface area contributed by atoms with Gasteiger partial charge in [0.1, 0.15) is 22.2 Å². The Morgan fingerprint density at radius 1 is 1.24 bits per heavy atom. The molecule has 3 aliphatic rings. The number of rotatable bonds is 3. The van der Waals surface area contributed by atoms with E-state index in [0.717, 1.165) is 22.3 Å². The Labute approximate surface area is 168 Å². The van der Waals surface area contributed by atoms with Crippen LogP contribution in [0.15, 0.2) is 23.1 Å². The van der Waals surface area contributed by atoms with Gasteiger partial charge in [-0.1, -0.05) is 0 Å². The fraction of sp³-hybridized carbons (Fsp3) is 0.421. The third kappa shape index (κ3) is 2.38.